The third-order valence-corrected chi connectivity index (χ3v) is 4.15. The normalized spacial score (nSPS) is 14.2. The van der Waals surface area contributed by atoms with Crippen molar-refractivity contribution in [3.8, 4) is 12.3 Å². The summed E-state index contributed by atoms with van der Waals surface area (Å²) < 4.78 is 5.31. The molecule has 1 aliphatic rings. The number of carboxylic acids is 1. The topological polar surface area (TPSA) is 49.8 Å². The van der Waals surface area contributed by atoms with Gasteiger partial charge in [-0.2, -0.15) is 0 Å². The van der Waals surface area contributed by atoms with Crippen LogP contribution in [0.5, 0.6) is 0 Å². The van der Waals surface area contributed by atoms with E-state index in [-0.39, 0.29) is 0 Å². The van der Waals surface area contributed by atoms with Crippen LogP contribution < -0.4 is 0 Å². The van der Waals surface area contributed by atoms with Crippen molar-refractivity contribution in [3.63, 3.8) is 0 Å². The molecule has 0 aromatic heterocycles. The molecule has 0 saturated carbocycles. The van der Waals surface area contributed by atoms with Crippen LogP contribution in [0.25, 0.3) is 6.08 Å². The van der Waals surface area contributed by atoms with Crippen LogP contribution in [0.2, 0.25) is 0 Å². The molecule has 0 radical (unpaired) electrons. The van der Waals surface area contributed by atoms with Gasteiger partial charge in [0.25, 0.3) is 0 Å². The van der Waals surface area contributed by atoms with E-state index in [4.69, 9.17) is 16.3 Å². The zero-order chi connectivity index (χ0) is 19.5. The van der Waals surface area contributed by atoms with Crippen LogP contribution in [0, 0.1) is 12.3 Å². The summed E-state index contributed by atoms with van der Waals surface area (Å²) in [4.78, 5) is 12.8. The molecule has 4 nitrogen and oxygen atoms in total. The van der Waals surface area contributed by atoms with Crippen LogP contribution in [-0.4, -0.2) is 42.3 Å². The van der Waals surface area contributed by atoms with Crippen molar-refractivity contribution in [1.82, 2.24) is 4.90 Å². The molecule has 140 valence electrons. The van der Waals surface area contributed by atoms with E-state index in [0.717, 1.165) is 44.0 Å². The average molecular weight is 363 g/mol. The second-order valence-electron chi connectivity index (χ2n) is 6.16. The number of rotatable bonds is 4. The second-order valence-corrected chi connectivity index (χ2v) is 6.16. The van der Waals surface area contributed by atoms with E-state index in [0.29, 0.717) is 5.56 Å². The van der Waals surface area contributed by atoms with Gasteiger partial charge in [-0.1, -0.05) is 42.3 Å². The van der Waals surface area contributed by atoms with E-state index in [1.54, 1.807) is 24.3 Å². The molecule has 27 heavy (non-hydrogen) atoms. The lowest BCUT2D eigenvalue weighted by atomic mass is 10.1. The van der Waals surface area contributed by atoms with Gasteiger partial charge in [-0.25, -0.2) is 4.79 Å². The van der Waals surface area contributed by atoms with E-state index < -0.39 is 5.97 Å². The third-order valence-electron chi connectivity index (χ3n) is 4.15. The summed E-state index contributed by atoms with van der Waals surface area (Å²) in [5.41, 5.74) is 3.60. The molecule has 0 aliphatic carbocycles. The number of ether oxygens (including phenoxy) is 1. The number of allylic oxidation sites excluding steroid dienone is 1. The molecule has 2 aromatic carbocycles. The maximum Gasteiger partial charge on any atom is 0.335 e. The van der Waals surface area contributed by atoms with E-state index >= 15 is 0 Å². The summed E-state index contributed by atoms with van der Waals surface area (Å²) in [6.45, 7) is 6.66. The van der Waals surface area contributed by atoms with Crippen LogP contribution in [0.4, 0.5) is 0 Å². The number of hydrogen-bond donors (Lipinski definition) is 1. The second kappa shape index (κ2) is 11.0. The summed E-state index contributed by atoms with van der Waals surface area (Å²) in [6.07, 6.45) is 9.14. The Labute approximate surface area is 161 Å². The van der Waals surface area contributed by atoms with Crippen molar-refractivity contribution in [2.24, 2.45) is 0 Å². The monoisotopic (exact) mass is 363 g/mol. The Bertz CT molecular complexity index is 780. The number of hydrogen-bond acceptors (Lipinski definition) is 3. The highest BCUT2D eigenvalue weighted by Gasteiger charge is 2.10. The van der Waals surface area contributed by atoms with Gasteiger partial charge < -0.3 is 9.84 Å². The Hall–Kier alpha value is -2.87. The Kier molecular flexibility index (Phi) is 8.31. The van der Waals surface area contributed by atoms with Gasteiger partial charge >= 0.3 is 5.97 Å². The predicted octanol–water partition coefficient (Wildman–Crippen LogP) is 3.92. The number of carbonyl (C=O) groups is 1. The summed E-state index contributed by atoms with van der Waals surface area (Å²) in [7, 11) is 0. The van der Waals surface area contributed by atoms with Gasteiger partial charge in [0.05, 0.1) is 18.8 Å². The molecule has 1 aliphatic heterocycles. The van der Waals surface area contributed by atoms with Crippen molar-refractivity contribution in [2.75, 3.05) is 26.3 Å². The Morgan fingerprint density at radius 3 is 2.30 bits per heavy atom. The number of carboxylic acid groups (broad SMARTS) is 1. The number of nitrogens with zero attached hydrogens (tertiary/aromatic N) is 1. The molecular formula is C23H25NO3. The van der Waals surface area contributed by atoms with E-state index in [1.807, 2.05) is 31.2 Å². The Balaban J connectivity index is 0.000000199. The van der Waals surface area contributed by atoms with Gasteiger partial charge in [0.2, 0.25) is 0 Å². The molecule has 0 atom stereocenters. The smallest absolute Gasteiger partial charge is 0.335 e. The molecule has 3 rings (SSSR count). The van der Waals surface area contributed by atoms with Crippen LogP contribution in [0.15, 0.2) is 54.6 Å². The van der Waals surface area contributed by atoms with Crippen molar-refractivity contribution in [2.45, 2.75) is 13.5 Å². The number of terminal acetylenes is 1. The van der Waals surface area contributed by atoms with Crippen LogP contribution in [-0.2, 0) is 11.3 Å². The Morgan fingerprint density at radius 2 is 1.78 bits per heavy atom. The van der Waals surface area contributed by atoms with E-state index in [9.17, 15) is 4.79 Å². The molecular weight excluding hydrogens is 338 g/mol. The lowest BCUT2D eigenvalue weighted by Crippen LogP contribution is -2.35. The minimum atomic E-state index is -0.887. The first kappa shape index (κ1) is 20.4. The van der Waals surface area contributed by atoms with Gasteiger partial charge in [0.15, 0.2) is 0 Å². The molecule has 1 fully saturated rings. The van der Waals surface area contributed by atoms with Crippen LogP contribution in [0.1, 0.15) is 34.0 Å². The highest BCUT2D eigenvalue weighted by atomic mass is 16.5. The molecule has 0 unspecified atom stereocenters. The minimum absolute atomic E-state index is 0.322. The van der Waals surface area contributed by atoms with Gasteiger partial charge in [-0.05, 0) is 42.3 Å². The maximum absolute atomic E-state index is 10.5. The van der Waals surface area contributed by atoms with E-state index in [1.165, 1.54) is 5.56 Å². The molecule has 2 aromatic rings. The first-order valence-electron chi connectivity index (χ1n) is 8.94. The summed E-state index contributed by atoms with van der Waals surface area (Å²) in [5.74, 6) is 1.74. The highest BCUT2D eigenvalue weighted by molar-refractivity contribution is 5.87. The fourth-order valence-corrected chi connectivity index (χ4v) is 2.65. The van der Waals surface area contributed by atoms with Gasteiger partial charge in [0.1, 0.15) is 0 Å². The Morgan fingerprint density at radius 1 is 1.15 bits per heavy atom. The maximum atomic E-state index is 10.5. The number of benzene rings is 2. The molecule has 0 bridgehead atoms. The van der Waals surface area contributed by atoms with E-state index in [2.05, 4.69) is 23.0 Å². The minimum Gasteiger partial charge on any atom is -0.478 e. The van der Waals surface area contributed by atoms with Crippen molar-refractivity contribution < 1.29 is 14.6 Å². The quantitative estimate of drug-likeness (QED) is 0.837. The van der Waals surface area contributed by atoms with Crippen molar-refractivity contribution >= 4 is 12.0 Å². The van der Waals surface area contributed by atoms with Crippen molar-refractivity contribution in [3.05, 3.63) is 76.9 Å². The predicted molar refractivity (Wildman–Crippen MR) is 109 cm³/mol. The first-order chi connectivity index (χ1) is 13.1. The average Bonchev–Trinajstić information content (AvgIpc) is 2.70. The highest BCUT2D eigenvalue weighted by Crippen LogP contribution is 2.08. The van der Waals surface area contributed by atoms with Crippen molar-refractivity contribution in [1.29, 1.82) is 0 Å². The standard InChI is InChI=1S/C13H15NO.C10H10O2/c1-2-12-3-5-13(6-4-12)11-14-7-9-15-10-8-14;1-2-3-8-4-6-9(7-5-8)10(11)12/h1,3-6H,7-11H2;2-7H,1H3,(H,11,12)/b;3-2+. The third kappa shape index (κ3) is 7.10. The number of morpholine rings is 1. The summed E-state index contributed by atoms with van der Waals surface area (Å²) in [5, 5.41) is 8.59. The lowest BCUT2D eigenvalue weighted by molar-refractivity contribution is 0.0342. The molecule has 1 heterocycles. The van der Waals surface area contributed by atoms with Gasteiger partial charge in [-0.3, -0.25) is 4.90 Å². The van der Waals surface area contributed by atoms with Crippen LogP contribution >= 0.6 is 0 Å². The molecule has 1 saturated heterocycles. The fourth-order valence-electron chi connectivity index (χ4n) is 2.65. The first-order valence-corrected chi connectivity index (χ1v) is 8.94. The summed E-state index contributed by atoms with van der Waals surface area (Å²) >= 11 is 0. The number of aromatic carboxylic acids is 1. The lowest BCUT2D eigenvalue weighted by Gasteiger charge is -2.26. The SMILES string of the molecule is C#Cc1ccc(CN2CCOCC2)cc1.C/C=C/c1ccc(C(=O)O)cc1. The zero-order valence-corrected chi connectivity index (χ0v) is 15.6. The molecule has 0 amide bonds. The largest absolute Gasteiger partial charge is 0.478 e. The molecule has 0 spiro atoms. The van der Waals surface area contributed by atoms with Gasteiger partial charge in [0, 0.05) is 25.2 Å². The fraction of sp³-hybridized carbons (Fsp3) is 0.261. The van der Waals surface area contributed by atoms with Crippen LogP contribution in [0.3, 0.4) is 0 Å². The molecule has 1 N–H and O–H groups in total. The van der Waals surface area contributed by atoms with Gasteiger partial charge in [-0.15, -0.1) is 6.42 Å². The zero-order valence-electron chi connectivity index (χ0n) is 15.6. The molecule has 4 heteroatoms. The summed E-state index contributed by atoms with van der Waals surface area (Å²) in [6, 6.07) is 14.9.